The molecular weight excluding hydrogens is 242 g/mol. The number of hydrogen-bond donors (Lipinski definition) is 0. The third kappa shape index (κ3) is 2.46. The van der Waals surface area contributed by atoms with Crippen LogP contribution in [0.1, 0.15) is 31.7 Å². The molecule has 4 heteroatoms. The number of likely N-dealkylation sites (tertiary alicyclic amines) is 2. The zero-order valence-electron chi connectivity index (χ0n) is 11.4. The highest BCUT2D eigenvalue weighted by Crippen LogP contribution is 2.33. The molecule has 100 valence electrons. The highest BCUT2D eigenvalue weighted by Gasteiger charge is 2.42. The molecule has 0 aliphatic carbocycles. The third-order valence-corrected chi connectivity index (χ3v) is 4.99. The smallest absolute Gasteiger partial charge is 0.107 e. The van der Waals surface area contributed by atoms with Gasteiger partial charge in [0.2, 0.25) is 0 Å². The standard InChI is InChI=1S/C14H23N3S/c1-11(2)9-16-6-3-13-12(16)4-7-17(13)10-14-15-5-8-18-14/h5,8,11-13H,3-4,6-7,9-10H2,1-2H3/t12-,13-/m0/s1. The first kappa shape index (κ1) is 12.6. The minimum atomic E-state index is 0.785. The Bertz CT molecular complexity index is 376. The molecule has 3 heterocycles. The summed E-state index contributed by atoms with van der Waals surface area (Å²) in [5.41, 5.74) is 0. The fourth-order valence-corrected chi connectivity index (χ4v) is 4.20. The molecule has 0 bridgehead atoms. The van der Waals surface area contributed by atoms with Crippen LogP contribution < -0.4 is 0 Å². The van der Waals surface area contributed by atoms with E-state index >= 15 is 0 Å². The van der Waals surface area contributed by atoms with Gasteiger partial charge in [0.05, 0.1) is 6.54 Å². The molecule has 0 spiro atoms. The molecule has 0 saturated carbocycles. The first-order chi connectivity index (χ1) is 8.74. The van der Waals surface area contributed by atoms with E-state index in [1.807, 2.05) is 6.20 Å². The van der Waals surface area contributed by atoms with Crippen LogP contribution in [0.4, 0.5) is 0 Å². The zero-order chi connectivity index (χ0) is 12.5. The minimum absolute atomic E-state index is 0.785. The maximum atomic E-state index is 4.42. The second-order valence-electron chi connectivity index (χ2n) is 6.00. The average molecular weight is 265 g/mol. The molecular formula is C14H23N3S. The maximum Gasteiger partial charge on any atom is 0.107 e. The van der Waals surface area contributed by atoms with E-state index < -0.39 is 0 Å². The Morgan fingerprint density at radius 3 is 2.67 bits per heavy atom. The monoisotopic (exact) mass is 265 g/mol. The van der Waals surface area contributed by atoms with Crippen LogP contribution in [0.3, 0.4) is 0 Å². The van der Waals surface area contributed by atoms with Crippen LogP contribution >= 0.6 is 11.3 Å². The second kappa shape index (κ2) is 5.27. The lowest BCUT2D eigenvalue weighted by Gasteiger charge is -2.26. The summed E-state index contributed by atoms with van der Waals surface area (Å²) >= 11 is 1.79. The lowest BCUT2D eigenvalue weighted by atomic mass is 10.1. The van der Waals surface area contributed by atoms with Gasteiger partial charge in [-0.2, -0.15) is 0 Å². The average Bonchev–Trinajstić information content (AvgIpc) is 2.99. The topological polar surface area (TPSA) is 19.4 Å². The van der Waals surface area contributed by atoms with Crippen LogP contribution in [0.5, 0.6) is 0 Å². The van der Waals surface area contributed by atoms with Gasteiger partial charge in [-0.05, 0) is 18.8 Å². The van der Waals surface area contributed by atoms with Gasteiger partial charge in [0, 0.05) is 43.3 Å². The highest BCUT2D eigenvalue weighted by atomic mass is 32.1. The molecule has 1 aromatic heterocycles. The zero-order valence-corrected chi connectivity index (χ0v) is 12.2. The van der Waals surface area contributed by atoms with Crippen molar-refractivity contribution in [2.45, 2.75) is 45.3 Å². The van der Waals surface area contributed by atoms with Crippen molar-refractivity contribution in [2.24, 2.45) is 5.92 Å². The van der Waals surface area contributed by atoms with Gasteiger partial charge in [-0.1, -0.05) is 13.8 Å². The van der Waals surface area contributed by atoms with Crippen molar-refractivity contribution in [1.29, 1.82) is 0 Å². The number of aromatic nitrogens is 1. The van der Waals surface area contributed by atoms with E-state index in [1.54, 1.807) is 11.3 Å². The minimum Gasteiger partial charge on any atom is -0.298 e. The number of rotatable bonds is 4. The molecule has 0 aromatic carbocycles. The molecule has 2 aliphatic rings. The van der Waals surface area contributed by atoms with Gasteiger partial charge in [-0.3, -0.25) is 9.80 Å². The van der Waals surface area contributed by atoms with Crippen LogP contribution in [0, 0.1) is 5.92 Å². The van der Waals surface area contributed by atoms with Gasteiger partial charge in [0.1, 0.15) is 5.01 Å². The van der Waals surface area contributed by atoms with E-state index in [-0.39, 0.29) is 0 Å². The number of thiazole rings is 1. The van der Waals surface area contributed by atoms with Crippen LogP contribution in [0.2, 0.25) is 0 Å². The van der Waals surface area contributed by atoms with Crippen LogP contribution in [-0.4, -0.2) is 46.5 Å². The number of hydrogen-bond acceptors (Lipinski definition) is 4. The Morgan fingerprint density at radius 2 is 2.00 bits per heavy atom. The molecule has 0 N–H and O–H groups in total. The first-order valence-corrected chi connectivity index (χ1v) is 7.98. The fraction of sp³-hybridized carbons (Fsp3) is 0.786. The molecule has 2 atom stereocenters. The molecule has 0 radical (unpaired) electrons. The Morgan fingerprint density at radius 1 is 1.28 bits per heavy atom. The Balaban J connectivity index is 1.61. The lowest BCUT2D eigenvalue weighted by molar-refractivity contribution is 0.203. The van der Waals surface area contributed by atoms with Gasteiger partial charge in [-0.25, -0.2) is 4.98 Å². The molecule has 0 amide bonds. The Kier molecular flexibility index (Phi) is 3.68. The van der Waals surface area contributed by atoms with Crippen molar-refractivity contribution in [1.82, 2.24) is 14.8 Å². The molecule has 0 unspecified atom stereocenters. The Hall–Kier alpha value is -0.450. The van der Waals surface area contributed by atoms with E-state index in [2.05, 4.69) is 34.0 Å². The quantitative estimate of drug-likeness (QED) is 0.833. The summed E-state index contributed by atoms with van der Waals surface area (Å²) < 4.78 is 0. The van der Waals surface area contributed by atoms with Gasteiger partial charge in [-0.15, -0.1) is 11.3 Å². The molecule has 2 fully saturated rings. The Labute approximate surface area is 114 Å². The summed E-state index contributed by atoms with van der Waals surface area (Å²) in [5, 5.41) is 3.36. The summed E-state index contributed by atoms with van der Waals surface area (Å²) in [6, 6.07) is 1.60. The summed E-state index contributed by atoms with van der Waals surface area (Å²) in [6.45, 7) is 9.54. The predicted octanol–water partition coefficient (Wildman–Crippen LogP) is 2.45. The van der Waals surface area contributed by atoms with E-state index in [4.69, 9.17) is 0 Å². The SMILES string of the molecule is CC(C)CN1CC[C@H]2[C@@H]1CCN2Cc1nccs1. The van der Waals surface area contributed by atoms with Crippen molar-refractivity contribution in [3.63, 3.8) is 0 Å². The third-order valence-electron chi connectivity index (χ3n) is 4.23. The normalized spacial score (nSPS) is 29.3. The molecule has 2 saturated heterocycles. The van der Waals surface area contributed by atoms with E-state index in [1.165, 1.54) is 37.5 Å². The summed E-state index contributed by atoms with van der Waals surface area (Å²) in [4.78, 5) is 9.80. The van der Waals surface area contributed by atoms with Crippen LogP contribution in [-0.2, 0) is 6.54 Å². The summed E-state index contributed by atoms with van der Waals surface area (Å²) in [5.74, 6) is 0.789. The van der Waals surface area contributed by atoms with Crippen molar-refractivity contribution in [2.75, 3.05) is 19.6 Å². The van der Waals surface area contributed by atoms with Crippen molar-refractivity contribution in [3.05, 3.63) is 16.6 Å². The fourth-order valence-electron chi connectivity index (χ4n) is 3.56. The molecule has 3 rings (SSSR count). The van der Waals surface area contributed by atoms with E-state index in [0.29, 0.717) is 0 Å². The van der Waals surface area contributed by atoms with Crippen LogP contribution in [0.15, 0.2) is 11.6 Å². The molecule has 18 heavy (non-hydrogen) atoms. The van der Waals surface area contributed by atoms with E-state index in [9.17, 15) is 0 Å². The van der Waals surface area contributed by atoms with Gasteiger partial charge in [0.15, 0.2) is 0 Å². The molecule has 3 nitrogen and oxygen atoms in total. The number of fused-ring (bicyclic) bond motifs is 1. The largest absolute Gasteiger partial charge is 0.298 e. The summed E-state index contributed by atoms with van der Waals surface area (Å²) in [7, 11) is 0. The van der Waals surface area contributed by atoms with Gasteiger partial charge >= 0.3 is 0 Å². The van der Waals surface area contributed by atoms with Crippen molar-refractivity contribution < 1.29 is 0 Å². The first-order valence-electron chi connectivity index (χ1n) is 7.10. The van der Waals surface area contributed by atoms with Crippen molar-refractivity contribution in [3.8, 4) is 0 Å². The lowest BCUT2D eigenvalue weighted by Crippen LogP contribution is -2.37. The molecule has 1 aromatic rings. The maximum absolute atomic E-state index is 4.42. The van der Waals surface area contributed by atoms with Gasteiger partial charge < -0.3 is 0 Å². The van der Waals surface area contributed by atoms with E-state index in [0.717, 1.165) is 24.5 Å². The van der Waals surface area contributed by atoms with Gasteiger partial charge in [0.25, 0.3) is 0 Å². The van der Waals surface area contributed by atoms with Crippen molar-refractivity contribution >= 4 is 11.3 Å². The second-order valence-corrected chi connectivity index (χ2v) is 6.98. The summed E-state index contributed by atoms with van der Waals surface area (Å²) in [6.07, 6.45) is 4.62. The number of nitrogens with zero attached hydrogens (tertiary/aromatic N) is 3. The van der Waals surface area contributed by atoms with Crippen LogP contribution in [0.25, 0.3) is 0 Å². The molecule has 2 aliphatic heterocycles. The highest BCUT2D eigenvalue weighted by molar-refractivity contribution is 7.09. The predicted molar refractivity (Wildman–Crippen MR) is 75.7 cm³/mol.